The van der Waals surface area contributed by atoms with Crippen molar-refractivity contribution in [2.75, 3.05) is 19.6 Å². The molecular weight excluding hydrogens is 284 g/mol. The summed E-state index contributed by atoms with van der Waals surface area (Å²) in [6.45, 7) is 10.7. The van der Waals surface area contributed by atoms with Crippen LogP contribution in [0.3, 0.4) is 0 Å². The molecule has 1 unspecified atom stereocenters. The van der Waals surface area contributed by atoms with Gasteiger partial charge in [0, 0.05) is 50.0 Å². The zero-order chi connectivity index (χ0) is 16.2. The Morgan fingerprint density at radius 2 is 2.00 bits per heavy atom. The Kier molecular flexibility index (Phi) is 5.13. The fraction of sp³-hybridized carbons (Fsp3) is 0.526. The molecular formula is C19H28N4. The van der Waals surface area contributed by atoms with Crippen molar-refractivity contribution in [1.29, 1.82) is 0 Å². The van der Waals surface area contributed by atoms with Crippen LogP contribution in [-0.2, 0) is 13.0 Å². The molecule has 1 aromatic carbocycles. The van der Waals surface area contributed by atoms with Gasteiger partial charge in [-0.25, -0.2) is 0 Å². The predicted octanol–water partition coefficient (Wildman–Crippen LogP) is 3.17. The molecule has 0 radical (unpaired) electrons. The van der Waals surface area contributed by atoms with Crippen LogP contribution in [0.4, 0.5) is 0 Å². The number of aromatic nitrogens is 2. The number of hydrogen-bond donors (Lipinski definition) is 1. The predicted molar refractivity (Wildman–Crippen MR) is 94.5 cm³/mol. The summed E-state index contributed by atoms with van der Waals surface area (Å²) < 4.78 is 2.04. The van der Waals surface area contributed by atoms with Gasteiger partial charge in [0.25, 0.3) is 0 Å². The number of hydrogen-bond acceptors (Lipinski definition) is 3. The number of rotatable bonds is 5. The topological polar surface area (TPSA) is 33.1 Å². The third-order valence-corrected chi connectivity index (χ3v) is 4.70. The first-order chi connectivity index (χ1) is 11.2. The Morgan fingerprint density at radius 3 is 2.65 bits per heavy atom. The number of aryl methyl sites for hydroxylation is 1. The fourth-order valence-corrected chi connectivity index (χ4v) is 3.22. The van der Waals surface area contributed by atoms with Crippen LogP contribution in [-0.4, -0.2) is 34.3 Å². The first-order valence-corrected chi connectivity index (χ1v) is 8.74. The summed E-state index contributed by atoms with van der Waals surface area (Å²) in [7, 11) is 0. The van der Waals surface area contributed by atoms with Crippen LogP contribution in [0.1, 0.15) is 49.5 Å². The van der Waals surface area contributed by atoms with Crippen LogP contribution < -0.4 is 5.32 Å². The van der Waals surface area contributed by atoms with Gasteiger partial charge in [-0.2, -0.15) is 5.10 Å². The molecule has 4 nitrogen and oxygen atoms in total. The minimum Gasteiger partial charge on any atom is -0.314 e. The van der Waals surface area contributed by atoms with Crippen molar-refractivity contribution in [2.24, 2.45) is 0 Å². The molecule has 4 heteroatoms. The number of piperazine rings is 1. The molecule has 0 saturated carbocycles. The van der Waals surface area contributed by atoms with E-state index in [1.54, 1.807) is 0 Å². The van der Waals surface area contributed by atoms with Gasteiger partial charge in [-0.15, -0.1) is 0 Å². The Morgan fingerprint density at radius 1 is 1.22 bits per heavy atom. The minimum absolute atomic E-state index is 0.421. The Balaban J connectivity index is 1.74. The van der Waals surface area contributed by atoms with E-state index in [0.29, 0.717) is 12.1 Å². The zero-order valence-corrected chi connectivity index (χ0v) is 14.5. The summed E-state index contributed by atoms with van der Waals surface area (Å²) in [5.41, 5.74) is 4.11. The Labute approximate surface area is 139 Å². The van der Waals surface area contributed by atoms with Gasteiger partial charge < -0.3 is 5.32 Å². The molecule has 0 spiro atoms. The molecule has 124 valence electrons. The van der Waals surface area contributed by atoms with Crippen LogP contribution in [0.15, 0.2) is 36.7 Å². The molecule has 1 aliphatic rings. The van der Waals surface area contributed by atoms with Crippen molar-refractivity contribution < 1.29 is 0 Å². The lowest BCUT2D eigenvalue weighted by molar-refractivity contribution is 0.153. The lowest BCUT2D eigenvalue weighted by Crippen LogP contribution is -2.45. The number of benzene rings is 1. The van der Waals surface area contributed by atoms with Gasteiger partial charge in [0.05, 0.1) is 6.20 Å². The van der Waals surface area contributed by atoms with Gasteiger partial charge >= 0.3 is 0 Å². The van der Waals surface area contributed by atoms with E-state index in [1.807, 2.05) is 10.9 Å². The van der Waals surface area contributed by atoms with E-state index in [1.165, 1.54) is 16.7 Å². The first-order valence-electron chi connectivity index (χ1n) is 8.74. The van der Waals surface area contributed by atoms with E-state index >= 15 is 0 Å². The summed E-state index contributed by atoms with van der Waals surface area (Å²) in [6, 6.07) is 9.97. The molecule has 1 atom stereocenters. The number of nitrogens with one attached hydrogen (secondary N) is 1. The molecule has 1 aliphatic heterocycles. The highest BCUT2D eigenvalue weighted by Gasteiger charge is 2.24. The highest BCUT2D eigenvalue weighted by atomic mass is 15.3. The Hall–Kier alpha value is -1.65. The van der Waals surface area contributed by atoms with Gasteiger partial charge in [-0.05, 0) is 31.4 Å². The average molecular weight is 312 g/mol. The second-order valence-corrected chi connectivity index (χ2v) is 6.71. The Bertz CT molecular complexity index is 615. The third-order valence-electron chi connectivity index (χ3n) is 4.70. The largest absolute Gasteiger partial charge is 0.314 e. The van der Waals surface area contributed by atoms with E-state index in [2.05, 4.69) is 66.5 Å². The molecule has 0 amide bonds. The van der Waals surface area contributed by atoms with Crippen molar-refractivity contribution in [2.45, 2.75) is 45.8 Å². The second-order valence-electron chi connectivity index (χ2n) is 6.71. The van der Waals surface area contributed by atoms with Crippen LogP contribution in [0.5, 0.6) is 0 Å². The lowest BCUT2D eigenvalue weighted by Gasteiger charge is -2.36. The molecule has 1 saturated heterocycles. The molecule has 1 N–H and O–H groups in total. The molecule has 1 fully saturated rings. The third kappa shape index (κ3) is 3.82. The fourth-order valence-electron chi connectivity index (χ4n) is 3.22. The van der Waals surface area contributed by atoms with Crippen LogP contribution in [0, 0.1) is 0 Å². The highest BCUT2D eigenvalue weighted by molar-refractivity contribution is 5.26. The van der Waals surface area contributed by atoms with Crippen LogP contribution in [0.25, 0.3) is 0 Å². The van der Waals surface area contributed by atoms with E-state index in [9.17, 15) is 0 Å². The van der Waals surface area contributed by atoms with Gasteiger partial charge in [-0.1, -0.05) is 31.2 Å². The van der Waals surface area contributed by atoms with Crippen molar-refractivity contribution in [3.8, 4) is 0 Å². The van der Waals surface area contributed by atoms with Crippen molar-refractivity contribution >= 4 is 0 Å². The quantitative estimate of drug-likeness (QED) is 0.920. The van der Waals surface area contributed by atoms with Crippen LogP contribution >= 0.6 is 0 Å². The monoisotopic (exact) mass is 312 g/mol. The van der Waals surface area contributed by atoms with Crippen molar-refractivity contribution in [1.82, 2.24) is 20.0 Å². The molecule has 2 aromatic rings. The van der Waals surface area contributed by atoms with E-state index < -0.39 is 0 Å². The normalized spacial score (nSPS) is 19.4. The van der Waals surface area contributed by atoms with Gasteiger partial charge in [0.2, 0.25) is 0 Å². The standard InChI is InChI=1S/C19H28N4/c1-4-16-5-7-18(8-6-16)19-12-20-9-10-22(19)13-17-11-21-23(14-17)15(2)3/h5-8,11,14-15,19-20H,4,9-10,12-13H2,1-3H3. The summed E-state index contributed by atoms with van der Waals surface area (Å²) >= 11 is 0. The summed E-state index contributed by atoms with van der Waals surface area (Å²) in [6.07, 6.45) is 5.30. The first kappa shape index (κ1) is 16.2. The molecule has 2 heterocycles. The van der Waals surface area contributed by atoms with Gasteiger partial charge in [0.15, 0.2) is 0 Å². The summed E-state index contributed by atoms with van der Waals surface area (Å²) in [5.74, 6) is 0. The second kappa shape index (κ2) is 7.28. The highest BCUT2D eigenvalue weighted by Crippen LogP contribution is 2.24. The molecule has 0 bridgehead atoms. The smallest absolute Gasteiger partial charge is 0.0534 e. The summed E-state index contributed by atoms with van der Waals surface area (Å²) in [5, 5.41) is 8.01. The zero-order valence-electron chi connectivity index (χ0n) is 14.5. The number of nitrogens with zero attached hydrogens (tertiary/aromatic N) is 3. The van der Waals surface area contributed by atoms with Crippen LogP contribution in [0.2, 0.25) is 0 Å². The SMILES string of the molecule is CCc1ccc(C2CNCCN2Cc2cnn(C(C)C)c2)cc1. The van der Waals surface area contributed by atoms with E-state index in [0.717, 1.165) is 32.6 Å². The van der Waals surface area contributed by atoms with Gasteiger partial charge in [-0.3, -0.25) is 9.58 Å². The average Bonchev–Trinajstić information content (AvgIpc) is 3.04. The van der Waals surface area contributed by atoms with E-state index in [-0.39, 0.29) is 0 Å². The molecule has 0 aliphatic carbocycles. The lowest BCUT2D eigenvalue weighted by atomic mass is 10.0. The molecule has 23 heavy (non-hydrogen) atoms. The maximum atomic E-state index is 4.48. The maximum absolute atomic E-state index is 4.48. The maximum Gasteiger partial charge on any atom is 0.0534 e. The molecule has 3 rings (SSSR count). The van der Waals surface area contributed by atoms with Crippen molar-refractivity contribution in [3.05, 3.63) is 53.3 Å². The van der Waals surface area contributed by atoms with Crippen molar-refractivity contribution in [3.63, 3.8) is 0 Å². The minimum atomic E-state index is 0.421. The van der Waals surface area contributed by atoms with Gasteiger partial charge in [0.1, 0.15) is 0 Å². The van der Waals surface area contributed by atoms with E-state index in [4.69, 9.17) is 0 Å². The molecule has 1 aromatic heterocycles. The summed E-state index contributed by atoms with van der Waals surface area (Å²) in [4.78, 5) is 2.57.